The molecule has 1 N–H and O–H groups in total. The summed E-state index contributed by atoms with van der Waals surface area (Å²) in [6.45, 7) is 10.1. The second-order valence-corrected chi connectivity index (χ2v) is 5.99. The highest BCUT2D eigenvalue weighted by molar-refractivity contribution is 5.24. The highest BCUT2D eigenvalue weighted by atomic mass is 16.5. The van der Waals surface area contributed by atoms with Gasteiger partial charge in [-0.05, 0) is 51.5 Å². The topological polar surface area (TPSA) is 37.4 Å². The zero-order valence-electron chi connectivity index (χ0n) is 13.6. The van der Waals surface area contributed by atoms with Crippen molar-refractivity contribution in [2.45, 2.75) is 33.7 Å². The Balaban J connectivity index is 2.44. The second-order valence-electron chi connectivity index (χ2n) is 5.99. The van der Waals surface area contributed by atoms with E-state index in [0.717, 1.165) is 37.6 Å². The molecule has 20 heavy (non-hydrogen) atoms. The van der Waals surface area contributed by atoms with E-state index in [0.29, 0.717) is 12.5 Å². The quantitative estimate of drug-likeness (QED) is 0.705. The molecule has 0 saturated heterocycles. The standard InChI is InChI=1S/C16H29N3O/c1-13(2)11-17-12-15-9-14(3)18-16(10-15)20-8-6-7-19(4)5/h9-10,13,17H,6-8,11-12H2,1-5H3. The molecule has 0 saturated carbocycles. The van der Waals surface area contributed by atoms with E-state index in [2.05, 4.69) is 49.2 Å². The van der Waals surface area contributed by atoms with E-state index >= 15 is 0 Å². The summed E-state index contributed by atoms with van der Waals surface area (Å²) in [5, 5.41) is 3.45. The molecular weight excluding hydrogens is 250 g/mol. The Hall–Kier alpha value is -1.13. The fourth-order valence-electron chi connectivity index (χ4n) is 1.95. The van der Waals surface area contributed by atoms with Crippen LogP contribution in [0.25, 0.3) is 0 Å². The summed E-state index contributed by atoms with van der Waals surface area (Å²) in [6, 6.07) is 4.15. The number of nitrogens with one attached hydrogen (secondary N) is 1. The lowest BCUT2D eigenvalue weighted by atomic mass is 10.2. The third kappa shape index (κ3) is 7.46. The SMILES string of the molecule is Cc1cc(CNCC(C)C)cc(OCCCN(C)C)n1. The molecular formula is C16H29N3O. The van der Waals surface area contributed by atoms with Crippen molar-refractivity contribution in [3.63, 3.8) is 0 Å². The van der Waals surface area contributed by atoms with E-state index < -0.39 is 0 Å². The minimum Gasteiger partial charge on any atom is -0.478 e. The van der Waals surface area contributed by atoms with Gasteiger partial charge in [0.2, 0.25) is 5.88 Å². The first-order valence-electron chi connectivity index (χ1n) is 7.43. The maximum atomic E-state index is 5.74. The van der Waals surface area contributed by atoms with Crippen LogP contribution in [0.3, 0.4) is 0 Å². The summed E-state index contributed by atoms with van der Waals surface area (Å²) in [5.41, 5.74) is 2.25. The van der Waals surface area contributed by atoms with Gasteiger partial charge in [0.1, 0.15) is 0 Å². The Labute approximate surface area is 123 Å². The third-order valence-corrected chi connectivity index (χ3v) is 2.87. The van der Waals surface area contributed by atoms with Crippen LogP contribution in [0.15, 0.2) is 12.1 Å². The number of aromatic nitrogens is 1. The predicted octanol–water partition coefficient (Wildman–Crippen LogP) is 2.47. The number of hydrogen-bond donors (Lipinski definition) is 1. The average molecular weight is 279 g/mol. The molecule has 0 atom stereocenters. The first kappa shape index (κ1) is 16.9. The molecule has 0 aliphatic carbocycles. The zero-order chi connectivity index (χ0) is 15.0. The van der Waals surface area contributed by atoms with Crippen molar-refractivity contribution in [2.75, 3.05) is 33.8 Å². The van der Waals surface area contributed by atoms with Crippen LogP contribution in [-0.4, -0.2) is 43.7 Å². The maximum Gasteiger partial charge on any atom is 0.213 e. The number of aryl methyl sites for hydroxylation is 1. The molecule has 0 amide bonds. The smallest absolute Gasteiger partial charge is 0.213 e. The highest BCUT2D eigenvalue weighted by Crippen LogP contribution is 2.12. The van der Waals surface area contributed by atoms with Gasteiger partial charge in [-0.3, -0.25) is 0 Å². The highest BCUT2D eigenvalue weighted by Gasteiger charge is 2.02. The Morgan fingerprint density at radius 3 is 2.70 bits per heavy atom. The van der Waals surface area contributed by atoms with Crippen molar-refractivity contribution in [3.8, 4) is 5.88 Å². The van der Waals surface area contributed by atoms with Crippen molar-refractivity contribution in [2.24, 2.45) is 5.92 Å². The minimum atomic E-state index is 0.666. The summed E-state index contributed by atoms with van der Waals surface area (Å²) in [7, 11) is 4.15. The lowest BCUT2D eigenvalue weighted by molar-refractivity contribution is 0.272. The van der Waals surface area contributed by atoms with Gasteiger partial charge in [0.25, 0.3) is 0 Å². The van der Waals surface area contributed by atoms with Crippen molar-refractivity contribution in [1.29, 1.82) is 0 Å². The third-order valence-electron chi connectivity index (χ3n) is 2.87. The van der Waals surface area contributed by atoms with Gasteiger partial charge in [-0.25, -0.2) is 4.98 Å². The lowest BCUT2D eigenvalue weighted by Gasteiger charge is -2.12. The van der Waals surface area contributed by atoms with Gasteiger partial charge in [0, 0.05) is 24.8 Å². The fourth-order valence-corrected chi connectivity index (χ4v) is 1.95. The number of pyridine rings is 1. The molecule has 0 unspecified atom stereocenters. The van der Waals surface area contributed by atoms with E-state index in [1.54, 1.807) is 0 Å². The van der Waals surface area contributed by atoms with Gasteiger partial charge in [-0.2, -0.15) is 0 Å². The fraction of sp³-hybridized carbons (Fsp3) is 0.688. The molecule has 1 aromatic rings. The van der Waals surface area contributed by atoms with Gasteiger partial charge >= 0.3 is 0 Å². The van der Waals surface area contributed by atoms with Gasteiger partial charge in [-0.15, -0.1) is 0 Å². The van der Waals surface area contributed by atoms with Gasteiger partial charge in [-0.1, -0.05) is 13.8 Å². The second kappa shape index (κ2) is 8.93. The molecule has 0 aliphatic rings. The summed E-state index contributed by atoms with van der Waals surface area (Å²) in [4.78, 5) is 6.59. The summed E-state index contributed by atoms with van der Waals surface area (Å²) < 4.78 is 5.74. The molecule has 114 valence electrons. The van der Waals surface area contributed by atoms with Crippen LogP contribution in [0.2, 0.25) is 0 Å². The first-order valence-corrected chi connectivity index (χ1v) is 7.43. The molecule has 0 bridgehead atoms. The molecule has 4 heteroatoms. The monoisotopic (exact) mass is 279 g/mol. The largest absolute Gasteiger partial charge is 0.478 e. The van der Waals surface area contributed by atoms with Crippen LogP contribution in [0, 0.1) is 12.8 Å². The van der Waals surface area contributed by atoms with Crippen LogP contribution in [-0.2, 0) is 6.54 Å². The average Bonchev–Trinajstić information content (AvgIpc) is 2.33. The Morgan fingerprint density at radius 1 is 1.30 bits per heavy atom. The lowest BCUT2D eigenvalue weighted by Crippen LogP contribution is -2.19. The molecule has 1 rings (SSSR count). The summed E-state index contributed by atoms with van der Waals surface area (Å²) in [5.74, 6) is 1.41. The predicted molar refractivity (Wildman–Crippen MR) is 84.2 cm³/mol. The zero-order valence-corrected chi connectivity index (χ0v) is 13.6. The molecule has 0 aromatic carbocycles. The van der Waals surface area contributed by atoms with Gasteiger partial charge in [0.05, 0.1) is 6.61 Å². The van der Waals surface area contributed by atoms with Crippen LogP contribution in [0.5, 0.6) is 5.88 Å². The van der Waals surface area contributed by atoms with E-state index in [-0.39, 0.29) is 0 Å². The van der Waals surface area contributed by atoms with Crippen LogP contribution in [0.1, 0.15) is 31.5 Å². The van der Waals surface area contributed by atoms with Crippen LogP contribution < -0.4 is 10.1 Å². The Morgan fingerprint density at radius 2 is 2.05 bits per heavy atom. The maximum absolute atomic E-state index is 5.74. The van der Waals surface area contributed by atoms with Crippen molar-refractivity contribution in [3.05, 3.63) is 23.4 Å². The minimum absolute atomic E-state index is 0.666. The van der Waals surface area contributed by atoms with E-state index in [1.807, 2.05) is 13.0 Å². The van der Waals surface area contributed by atoms with Crippen molar-refractivity contribution < 1.29 is 4.74 Å². The van der Waals surface area contributed by atoms with Gasteiger partial charge < -0.3 is 15.0 Å². The van der Waals surface area contributed by atoms with E-state index in [4.69, 9.17) is 4.74 Å². The van der Waals surface area contributed by atoms with Gasteiger partial charge in [0.15, 0.2) is 0 Å². The van der Waals surface area contributed by atoms with Crippen molar-refractivity contribution >= 4 is 0 Å². The molecule has 0 spiro atoms. The Kier molecular flexibility index (Phi) is 7.55. The molecule has 0 fully saturated rings. The van der Waals surface area contributed by atoms with E-state index in [9.17, 15) is 0 Å². The molecule has 1 aromatic heterocycles. The first-order chi connectivity index (χ1) is 9.47. The normalized spacial score (nSPS) is 11.3. The Bertz CT molecular complexity index is 391. The van der Waals surface area contributed by atoms with Crippen molar-refractivity contribution in [1.82, 2.24) is 15.2 Å². The van der Waals surface area contributed by atoms with Crippen LogP contribution in [0.4, 0.5) is 0 Å². The molecule has 4 nitrogen and oxygen atoms in total. The number of ether oxygens (including phenoxy) is 1. The summed E-state index contributed by atoms with van der Waals surface area (Å²) >= 11 is 0. The van der Waals surface area contributed by atoms with E-state index in [1.165, 1.54) is 5.56 Å². The number of hydrogen-bond acceptors (Lipinski definition) is 4. The molecule has 1 heterocycles. The summed E-state index contributed by atoms with van der Waals surface area (Å²) in [6.07, 6.45) is 1.02. The molecule has 0 radical (unpaired) electrons. The molecule has 0 aliphatic heterocycles. The van der Waals surface area contributed by atoms with Crippen LogP contribution >= 0.6 is 0 Å². The number of rotatable bonds is 9. The number of nitrogens with zero attached hydrogens (tertiary/aromatic N) is 2.